The van der Waals surface area contributed by atoms with E-state index in [9.17, 15) is 14.4 Å². The Balaban J connectivity index is 2.17. The summed E-state index contributed by atoms with van der Waals surface area (Å²) in [5, 5.41) is 2.64. The molecule has 0 aliphatic rings. The number of amides is 3. The fourth-order valence-electron chi connectivity index (χ4n) is 2.94. The van der Waals surface area contributed by atoms with E-state index in [1.54, 1.807) is 55.8 Å². The van der Waals surface area contributed by atoms with Crippen molar-refractivity contribution < 1.29 is 19.1 Å². The number of hydrogen-bond acceptors (Lipinski definition) is 5. The lowest BCUT2D eigenvalue weighted by Gasteiger charge is -2.32. The maximum absolute atomic E-state index is 13.0. The Morgan fingerprint density at radius 3 is 2.31 bits per heavy atom. The lowest BCUT2D eigenvalue weighted by molar-refractivity contribution is -0.126. The first-order chi connectivity index (χ1) is 13.8. The summed E-state index contributed by atoms with van der Waals surface area (Å²) < 4.78 is 5.15. The monoisotopic (exact) mass is 398 g/mol. The number of primary amides is 1. The summed E-state index contributed by atoms with van der Waals surface area (Å²) in [6.07, 6.45) is 1.43. The van der Waals surface area contributed by atoms with Gasteiger partial charge in [-0.2, -0.15) is 0 Å². The van der Waals surface area contributed by atoms with E-state index in [4.69, 9.17) is 10.5 Å². The van der Waals surface area contributed by atoms with Crippen molar-refractivity contribution in [3.63, 3.8) is 0 Å². The van der Waals surface area contributed by atoms with Crippen molar-refractivity contribution in [2.45, 2.75) is 32.7 Å². The van der Waals surface area contributed by atoms with Crippen molar-refractivity contribution in [2.75, 3.05) is 17.3 Å². The zero-order chi connectivity index (χ0) is 21.4. The number of carbonyl (C=O) groups excluding carboxylic acids is 3. The minimum Gasteiger partial charge on any atom is -0.497 e. The van der Waals surface area contributed by atoms with Gasteiger partial charge in [-0.1, -0.05) is 19.9 Å². The van der Waals surface area contributed by atoms with Crippen LogP contribution in [-0.2, 0) is 14.4 Å². The molecule has 3 amide bonds. The van der Waals surface area contributed by atoms with Crippen LogP contribution in [0.3, 0.4) is 0 Å². The molecule has 0 bridgehead atoms. The highest BCUT2D eigenvalue weighted by atomic mass is 16.5. The fraction of sp³-hybridized carbons (Fsp3) is 0.333. The molecule has 0 aliphatic heterocycles. The van der Waals surface area contributed by atoms with Crippen molar-refractivity contribution in [1.82, 2.24) is 4.98 Å². The van der Waals surface area contributed by atoms with Crippen LogP contribution in [0.15, 0.2) is 48.7 Å². The summed E-state index contributed by atoms with van der Waals surface area (Å²) >= 11 is 0. The Bertz CT molecular complexity index is 838. The quantitative estimate of drug-likeness (QED) is 0.673. The van der Waals surface area contributed by atoms with Gasteiger partial charge in [0, 0.05) is 24.7 Å². The van der Waals surface area contributed by atoms with Crippen LogP contribution in [-0.4, -0.2) is 35.9 Å². The molecule has 0 saturated carbocycles. The average Bonchev–Trinajstić information content (AvgIpc) is 2.70. The van der Waals surface area contributed by atoms with Crippen molar-refractivity contribution in [3.05, 3.63) is 48.7 Å². The number of ether oxygens (including phenoxy) is 1. The number of rotatable bonds is 9. The predicted octanol–water partition coefficient (Wildman–Crippen LogP) is 2.35. The summed E-state index contributed by atoms with van der Waals surface area (Å²) in [5.74, 6) is -0.496. The number of nitrogens with one attached hydrogen (secondary N) is 1. The van der Waals surface area contributed by atoms with Crippen molar-refractivity contribution in [3.8, 4) is 5.75 Å². The number of carbonyl (C=O) groups is 3. The van der Waals surface area contributed by atoms with Crippen LogP contribution >= 0.6 is 0 Å². The van der Waals surface area contributed by atoms with Crippen molar-refractivity contribution in [2.24, 2.45) is 11.7 Å². The van der Waals surface area contributed by atoms with Crippen LogP contribution in [0.5, 0.6) is 5.75 Å². The molecule has 154 valence electrons. The highest BCUT2D eigenvalue weighted by molar-refractivity contribution is 6.02. The van der Waals surface area contributed by atoms with Gasteiger partial charge in [-0.05, 0) is 42.3 Å². The Morgan fingerprint density at radius 1 is 1.10 bits per heavy atom. The molecular formula is C21H26N4O4. The minimum atomic E-state index is -0.838. The topological polar surface area (TPSA) is 115 Å². The first kappa shape index (κ1) is 21.9. The Labute approximate surface area is 170 Å². The van der Waals surface area contributed by atoms with Gasteiger partial charge in [-0.25, -0.2) is 4.98 Å². The first-order valence-corrected chi connectivity index (χ1v) is 9.29. The molecule has 0 aliphatic carbocycles. The van der Waals surface area contributed by atoms with E-state index in [1.807, 2.05) is 13.8 Å². The molecule has 1 aromatic carbocycles. The van der Waals surface area contributed by atoms with Gasteiger partial charge in [0.25, 0.3) is 0 Å². The number of benzene rings is 1. The fourth-order valence-corrected chi connectivity index (χ4v) is 2.94. The normalized spacial score (nSPS) is 11.6. The second kappa shape index (κ2) is 10.2. The Morgan fingerprint density at radius 2 is 1.79 bits per heavy atom. The molecule has 2 rings (SSSR count). The minimum absolute atomic E-state index is 0.0500. The highest BCUT2D eigenvalue weighted by Crippen LogP contribution is 2.25. The molecule has 1 unspecified atom stereocenters. The van der Waals surface area contributed by atoms with Crippen LogP contribution in [0.25, 0.3) is 0 Å². The molecule has 3 N–H and O–H groups in total. The summed E-state index contributed by atoms with van der Waals surface area (Å²) in [6, 6.07) is 11.1. The van der Waals surface area contributed by atoms with Gasteiger partial charge in [0.05, 0.1) is 7.11 Å². The lowest BCUT2D eigenvalue weighted by atomic mass is 10.00. The molecule has 2 aromatic rings. The molecular weight excluding hydrogens is 372 g/mol. The van der Waals surface area contributed by atoms with Crippen LogP contribution < -0.4 is 20.7 Å². The molecule has 29 heavy (non-hydrogen) atoms. The Kier molecular flexibility index (Phi) is 7.70. The third kappa shape index (κ3) is 6.03. The SMILES string of the molecule is COc1ccc(N(C(=O)CCC(=O)Nc2ccccn2)C(C(N)=O)C(C)C)cc1. The zero-order valence-electron chi connectivity index (χ0n) is 16.8. The van der Waals surface area contributed by atoms with Gasteiger partial charge in [-0.15, -0.1) is 0 Å². The number of methoxy groups -OCH3 is 1. The van der Waals surface area contributed by atoms with E-state index in [0.717, 1.165) is 0 Å². The van der Waals surface area contributed by atoms with Crippen LogP contribution in [0.1, 0.15) is 26.7 Å². The van der Waals surface area contributed by atoms with Gasteiger partial charge in [0.2, 0.25) is 17.7 Å². The molecule has 0 saturated heterocycles. The van der Waals surface area contributed by atoms with Gasteiger partial charge in [0.15, 0.2) is 0 Å². The summed E-state index contributed by atoms with van der Waals surface area (Å²) in [5.41, 5.74) is 6.10. The van der Waals surface area contributed by atoms with Gasteiger partial charge >= 0.3 is 0 Å². The van der Waals surface area contributed by atoms with Gasteiger partial charge < -0.3 is 15.8 Å². The number of aromatic nitrogens is 1. The maximum atomic E-state index is 13.0. The zero-order valence-corrected chi connectivity index (χ0v) is 16.8. The average molecular weight is 398 g/mol. The van der Waals surface area contributed by atoms with Crippen molar-refractivity contribution >= 4 is 29.2 Å². The predicted molar refractivity (Wildman–Crippen MR) is 110 cm³/mol. The van der Waals surface area contributed by atoms with E-state index in [1.165, 1.54) is 4.90 Å². The van der Waals surface area contributed by atoms with E-state index in [-0.39, 0.29) is 30.6 Å². The number of nitrogens with two attached hydrogens (primary N) is 1. The van der Waals surface area contributed by atoms with Crippen LogP contribution in [0, 0.1) is 5.92 Å². The molecule has 1 aromatic heterocycles. The first-order valence-electron chi connectivity index (χ1n) is 9.29. The number of nitrogens with zero attached hydrogens (tertiary/aromatic N) is 2. The second-order valence-electron chi connectivity index (χ2n) is 6.82. The smallest absolute Gasteiger partial charge is 0.240 e. The summed E-state index contributed by atoms with van der Waals surface area (Å²) in [4.78, 5) is 42.6. The molecule has 1 heterocycles. The third-order valence-electron chi connectivity index (χ3n) is 4.32. The summed E-state index contributed by atoms with van der Waals surface area (Å²) in [6.45, 7) is 3.63. The van der Waals surface area contributed by atoms with Crippen molar-refractivity contribution in [1.29, 1.82) is 0 Å². The molecule has 0 radical (unpaired) electrons. The molecule has 8 nitrogen and oxygen atoms in total. The number of hydrogen-bond donors (Lipinski definition) is 2. The maximum Gasteiger partial charge on any atom is 0.240 e. The lowest BCUT2D eigenvalue weighted by Crippen LogP contribution is -2.51. The highest BCUT2D eigenvalue weighted by Gasteiger charge is 2.32. The van der Waals surface area contributed by atoms with E-state index >= 15 is 0 Å². The number of anilines is 2. The van der Waals surface area contributed by atoms with E-state index < -0.39 is 11.9 Å². The molecule has 8 heteroatoms. The van der Waals surface area contributed by atoms with E-state index in [0.29, 0.717) is 17.3 Å². The molecule has 1 atom stereocenters. The summed E-state index contributed by atoms with van der Waals surface area (Å²) in [7, 11) is 1.54. The number of pyridine rings is 1. The Hall–Kier alpha value is -3.42. The molecule has 0 fully saturated rings. The second-order valence-corrected chi connectivity index (χ2v) is 6.82. The van der Waals surface area contributed by atoms with Crippen LogP contribution in [0.4, 0.5) is 11.5 Å². The van der Waals surface area contributed by atoms with Crippen LogP contribution in [0.2, 0.25) is 0 Å². The third-order valence-corrected chi connectivity index (χ3v) is 4.32. The largest absolute Gasteiger partial charge is 0.497 e. The molecule has 0 spiro atoms. The van der Waals surface area contributed by atoms with E-state index in [2.05, 4.69) is 10.3 Å². The van der Waals surface area contributed by atoms with Gasteiger partial charge in [0.1, 0.15) is 17.6 Å². The standard InChI is InChI=1S/C21H26N4O4/c1-14(2)20(21(22)28)25(15-7-9-16(29-3)10-8-15)19(27)12-11-18(26)24-17-6-4-5-13-23-17/h4-10,13-14,20H,11-12H2,1-3H3,(H2,22,28)(H,23,24,26). The van der Waals surface area contributed by atoms with Gasteiger partial charge in [-0.3, -0.25) is 19.3 Å².